The van der Waals surface area contributed by atoms with Gasteiger partial charge in [0.15, 0.2) is 0 Å². The molecule has 106 valence electrons. The molecule has 4 heteroatoms. The van der Waals surface area contributed by atoms with E-state index in [2.05, 4.69) is 28.2 Å². The molecular weight excluding hydrogens is 238 g/mol. The van der Waals surface area contributed by atoms with E-state index in [1.54, 1.807) is 7.11 Å². The van der Waals surface area contributed by atoms with E-state index in [0.717, 1.165) is 32.8 Å². The number of aromatic nitrogens is 1. The van der Waals surface area contributed by atoms with Gasteiger partial charge in [-0.25, -0.2) is 0 Å². The van der Waals surface area contributed by atoms with Crippen LogP contribution in [0.1, 0.15) is 24.0 Å². The molecule has 1 aromatic heterocycles. The second-order valence-corrected chi connectivity index (χ2v) is 5.39. The number of nitrogens with zero attached hydrogens (tertiary/aromatic N) is 2. The molecule has 1 N–H and O–H groups in total. The predicted octanol–water partition coefficient (Wildman–Crippen LogP) is 1.59. The van der Waals surface area contributed by atoms with Crippen LogP contribution in [-0.2, 0) is 11.3 Å². The van der Waals surface area contributed by atoms with Gasteiger partial charge < -0.3 is 10.1 Å². The molecule has 2 rings (SSSR count). The Labute approximate surface area is 116 Å². The third-order valence-corrected chi connectivity index (χ3v) is 3.59. The van der Waals surface area contributed by atoms with Crippen molar-refractivity contribution < 1.29 is 4.74 Å². The Bertz CT molecular complexity index is 377. The minimum atomic E-state index is 0.634. The molecule has 1 aliphatic heterocycles. The normalized spacial score (nSPS) is 19.2. The van der Waals surface area contributed by atoms with Gasteiger partial charge in [-0.2, -0.15) is 0 Å². The van der Waals surface area contributed by atoms with Crippen molar-refractivity contribution in [3.8, 4) is 0 Å². The lowest BCUT2D eigenvalue weighted by molar-refractivity contribution is 0.138. The van der Waals surface area contributed by atoms with Gasteiger partial charge in [-0.05, 0) is 37.4 Å². The van der Waals surface area contributed by atoms with Crippen LogP contribution in [0.2, 0.25) is 0 Å². The predicted molar refractivity (Wildman–Crippen MR) is 77.2 cm³/mol. The van der Waals surface area contributed by atoms with Crippen LogP contribution in [0.4, 0.5) is 0 Å². The number of methoxy groups -OCH3 is 1. The van der Waals surface area contributed by atoms with E-state index in [-0.39, 0.29) is 0 Å². The average molecular weight is 263 g/mol. The smallest absolute Gasteiger partial charge is 0.0589 e. The van der Waals surface area contributed by atoms with Crippen molar-refractivity contribution in [3.63, 3.8) is 0 Å². The summed E-state index contributed by atoms with van der Waals surface area (Å²) in [7, 11) is 1.76. The van der Waals surface area contributed by atoms with Gasteiger partial charge in [-0.3, -0.25) is 9.88 Å². The molecule has 1 aromatic rings. The summed E-state index contributed by atoms with van der Waals surface area (Å²) < 4.78 is 5.22. The molecule has 0 spiro atoms. The van der Waals surface area contributed by atoms with Crippen molar-refractivity contribution >= 4 is 0 Å². The van der Waals surface area contributed by atoms with Gasteiger partial charge in [-0.15, -0.1) is 0 Å². The number of nitrogens with one attached hydrogen (secondary N) is 1. The molecule has 0 aromatic carbocycles. The average Bonchev–Trinajstić information content (AvgIpc) is 2.89. The molecule has 1 unspecified atom stereocenters. The van der Waals surface area contributed by atoms with Crippen molar-refractivity contribution in [2.24, 2.45) is 0 Å². The highest BCUT2D eigenvalue weighted by Gasteiger charge is 2.18. The highest BCUT2D eigenvalue weighted by Crippen LogP contribution is 2.10. The van der Waals surface area contributed by atoms with Crippen molar-refractivity contribution in [1.82, 2.24) is 15.2 Å². The lowest BCUT2D eigenvalue weighted by atomic mass is 10.1. The Morgan fingerprint density at radius 3 is 3.05 bits per heavy atom. The summed E-state index contributed by atoms with van der Waals surface area (Å²) in [6.45, 7) is 7.06. The molecule has 4 nitrogen and oxygen atoms in total. The molecule has 0 saturated carbocycles. The van der Waals surface area contributed by atoms with E-state index in [0.29, 0.717) is 6.04 Å². The van der Waals surface area contributed by atoms with Crippen LogP contribution in [0.5, 0.6) is 0 Å². The number of hydrogen-bond donors (Lipinski definition) is 1. The summed E-state index contributed by atoms with van der Waals surface area (Å²) in [4.78, 5) is 6.74. The first-order valence-electron chi connectivity index (χ1n) is 7.13. The molecule has 1 atom stereocenters. The SMILES string of the molecule is COCCN(Cc1cncc(C)c1)CC1CCCN1. The van der Waals surface area contributed by atoms with Crippen molar-refractivity contribution in [2.45, 2.75) is 32.4 Å². The number of hydrogen-bond acceptors (Lipinski definition) is 4. The molecule has 19 heavy (non-hydrogen) atoms. The summed E-state index contributed by atoms with van der Waals surface area (Å²) >= 11 is 0. The third-order valence-electron chi connectivity index (χ3n) is 3.59. The number of pyridine rings is 1. The highest BCUT2D eigenvalue weighted by molar-refractivity contribution is 5.16. The zero-order valence-corrected chi connectivity index (χ0v) is 12.1. The first kappa shape index (κ1) is 14.4. The van der Waals surface area contributed by atoms with Gasteiger partial charge in [0, 0.05) is 45.2 Å². The van der Waals surface area contributed by atoms with Crippen LogP contribution in [-0.4, -0.2) is 49.3 Å². The maximum absolute atomic E-state index is 5.22. The van der Waals surface area contributed by atoms with Crippen LogP contribution in [0.15, 0.2) is 18.5 Å². The zero-order valence-electron chi connectivity index (χ0n) is 12.1. The van der Waals surface area contributed by atoms with Gasteiger partial charge in [0.1, 0.15) is 0 Å². The Kier molecular flexibility index (Phi) is 5.76. The Hall–Kier alpha value is -0.970. The van der Waals surface area contributed by atoms with Gasteiger partial charge in [-0.1, -0.05) is 6.07 Å². The Morgan fingerprint density at radius 2 is 2.37 bits per heavy atom. The summed E-state index contributed by atoms with van der Waals surface area (Å²) in [6, 6.07) is 2.85. The molecule has 0 radical (unpaired) electrons. The highest BCUT2D eigenvalue weighted by atomic mass is 16.5. The van der Waals surface area contributed by atoms with E-state index < -0.39 is 0 Å². The quantitative estimate of drug-likeness (QED) is 0.810. The van der Waals surface area contributed by atoms with E-state index in [4.69, 9.17) is 4.74 Å². The van der Waals surface area contributed by atoms with Crippen LogP contribution >= 0.6 is 0 Å². The van der Waals surface area contributed by atoms with Crippen LogP contribution in [0.3, 0.4) is 0 Å². The van der Waals surface area contributed by atoms with E-state index in [1.165, 1.54) is 24.0 Å². The summed E-state index contributed by atoms with van der Waals surface area (Å²) in [5, 5.41) is 3.56. The number of rotatable bonds is 7. The maximum Gasteiger partial charge on any atom is 0.0589 e. The van der Waals surface area contributed by atoms with Gasteiger partial charge in [0.25, 0.3) is 0 Å². The summed E-state index contributed by atoms with van der Waals surface area (Å²) in [5.41, 5.74) is 2.51. The molecule has 1 saturated heterocycles. The fourth-order valence-corrected chi connectivity index (χ4v) is 2.64. The van der Waals surface area contributed by atoms with Crippen molar-refractivity contribution in [1.29, 1.82) is 0 Å². The second kappa shape index (κ2) is 7.58. The first-order valence-corrected chi connectivity index (χ1v) is 7.13. The maximum atomic E-state index is 5.22. The van der Waals surface area contributed by atoms with E-state index in [9.17, 15) is 0 Å². The van der Waals surface area contributed by atoms with Crippen LogP contribution in [0, 0.1) is 6.92 Å². The topological polar surface area (TPSA) is 37.4 Å². The minimum Gasteiger partial charge on any atom is -0.383 e. The number of ether oxygens (including phenoxy) is 1. The fourth-order valence-electron chi connectivity index (χ4n) is 2.64. The van der Waals surface area contributed by atoms with Crippen LogP contribution in [0.25, 0.3) is 0 Å². The fraction of sp³-hybridized carbons (Fsp3) is 0.667. The molecular formula is C15H25N3O. The van der Waals surface area contributed by atoms with Gasteiger partial charge >= 0.3 is 0 Å². The lowest BCUT2D eigenvalue weighted by Crippen LogP contribution is -2.38. The minimum absolute atomic E-state index is 0.634. The van der Waals surface area contributed by atoms with Gasteiger partial charge in [0.2, 0.25) is 0 Å². The molecule has 0 amide bonds. The molecule has 0 aliphatic carbocycles. The number of aryl methyl sites for hydroxylation is 1. The zero-order chi connectivity index (χ0) is 13.5. The monoisotopic (exact) mass is 263 g/mol. The standard InChI is InChI=1S/C15H25N3O/c1-13-8-14(10-16-9-13)11-18(6-7-19-2)12-15-4-3-5-17-15/h8-10,15,17H,3-7,11-12H2,1-2H3. The second-order valence-electron chi connectivity index (χ2n) is 5.39. The Morgan fingerprint density at radius 1 is 1.47 bits per heavy atom. The molecule has 0 bridgehead atoms. The van der Waals surface area contributed by atoms with Crippen molar-refractivity contribution in [2.75, 3.05) is 33.4 Å². The van der Waals surface area contributed by atoms with E-state index >= 15 is 0 Å². The Balaban J connectivity index is 1.92. The van der Waals surface area contributed by atoms with Gasteiger partial charge in [0.05, 0.1) is 6.61 Å². The summed E-state index contributed by atoms with van der Waals surface area (Å²) in [5.74, 6) is 0. The molecule has 1 fully saturated rings. The van der Waals surface area contributed by atoms with Crippen LogP contribution < -0.4 is 5.32 Å². The largest absolute Gasteiger partial charge is 0.383 e. The summed E-state index contributed by atoms with van der Waals surface area (Å²) in [6.07, 6.45) is 6.46. The third kappa shape index (κ3) is 4.90. The molecule has 1 aliphatic rings. The lowest BCUT2D eigenvalue weighted by Gasteiger charge is -2.25. The van der Waals surface area contributed by atoms with E-state index in [1.807, 2.05) is 12.4 Å². The first-order chi connectivity index (χ1) is 9.28. The molecule has 2 heterocycles. The van der Waals surface area contributed by atoms with Crippen molar-refractivity contribution in [3.05, 3.63) is 29.6 Å².